The maximum atomic E-state index is 13.2. The van der Waals surface area contributed by atoms with E-state index in [1.54, 1.807) is 25.1 Å². The van der Waals surface area contributed by atoms with E-state index in [0.717, 1.165) is 18.4 Å². The molecular formula is C27H32ClN3O5S. The summed E-state index contributed by atoms with van der Waals surface area (Å²) in [6, 6.07) is 10.2. The Kier molecular flexibility index (Phi) is 5.78. The Balaban J connectivity index is 1.17. The second kappa shape index (κ2) is 8.58. The van der Waals surface area contributed by atoms with Crippen molar-refractivity contribution in [1.29, 1.82) is 0 Å². The lowest BCUT2D eigenvalue weighted by Crippen LogP contribution is -2.44. The molecule has 3 aliphatic carbocycles. The second-order valence-electron chi connectivity index (χ2n) is 11.7. The minimum atomic E-state index is -4.22. The number of anilines is 1. The Morgan fingerprint density at radius 2 is 1.92 bits per heavy atom. The molecule has 37 heavy (non-hydrogen) atoms. The maximum absolute atomic E-state index is 13.2. The Bertz CT molecular complexity index is 1350. The van der Waals surface area contributed by atoms with Crippen molar-refractivity contribution in [3.05, 3.63) is 47.0 Å². The Morgan fingerprint density at radius 1 is 1.16 bits per heavy atom. The highest BCUT2D eigenvalue weighted by atomic mass is 35.5. The largest absolute Gasteiger partial charge is 0.477 e. The molecule has 198 valence electrons. The van der Waals surface area contributed by atoms with E-state index in [1.165, 1.54) is 25.3 Å². The molecule has 2 N–H and O–H groups in total. The Hall–Kier alpha value is -2.36. The standard InChI is InChI=1S/C27H32ClN3O5S/c1-25(33)12-13-31(17-25)22-4-2-5-23(29-22)37(34,35)30-24(32)27(10-11-27)36-21-14-19(28)6-7-20(21)18-15-26(16-18)8-3-9-26/h2,4-7,14,18,33H,3,8-13,15-17H2,1H3,(H,30,32)/t25-/m0/s1. The molecule has 2 heterocycles. The smallest absolute Gasteiger partial charge is 0.281 e. The zero-order valence-corrected chi connectivity index (χ0v) is 22.4. The molecule has 0 unspecified atom stereocenters. The van der Waals surface area contributed by atoms with Gasteiger partial charge in [-0.25, -0.2) is 9.71 Å². The third-order valence-corrected chi connectivity index (χ3v) is 10.1. The molecule has 3 saturated carbocycles. The molecule has 1 aromatic carbocycles. The van der Waals surface area contributed by atoms with Crippen molar-refractivity contribution in [2.75, 3.05) is 18.0 Å². The molecular weight excluding hydrogens is 514 g/mol. The van der Waals surface area contributed by atoms with Gasteiger partial charge >= 0.3 is 0 Å². The summed E-state index contributed by atoms with van der Waals surface area (Å²) in [5.74, 6) is 0.684. The number of sulfonamides is 1. The average Bonchev–Trinajstić information content (AvgIpc) is 3.48. The van der Waals surface area contributed by atoms with E-state index in [-0.39, 0.29) is 5.03 Å². The monoisotopic (exact) mass is 545 g/mol. The molecule has 1 saturated heterocycles. The van der Waals surface area contributed by atoms with Crippen LogP contribution in [0.1, 0.15) is 69.8 Å². The van der Waals surface area contributed by atoms with E-state index in [9.17, 15) is 18.3 Å². The van der Waals surface area contributed by atoms with E-state index in [1.807, 2.05) is 17.0 Å². The number of nitrogens with zero attached hydrogens (tertiary/aromatic N) is 2. The van der Waals surface area contributed by atoms with E-state index >= 15 is 0 Å². The minimum Gasteiger partial charge on any atom is -0.477 e. The third-order valence-electron chi connectivity index (χ3n) is 8.60. The first-order chi connectivity index (χ1) is 17.5. The van der Waals surface area contributed by atoms with Gasteiger partial charge in [0.1, 0.15) is 11.6 Å². The number of halogens is 1. The zero-order valence-electron chi connectivity index (χ0n) is 20.9. The van der Waals surface area contributed by atoms with Crippen LogP contribution in [0.25, 0.3) is 0 Å². The maximum Gasteiger partial charge on any atom is 0.281 e. The summed E-state index contributed by atoms with van der Waals surface area (Å²) >= 11 is 6.27. The highest BCUT2D eigenvalue weighted by Gasteiger charge is 2.55. The van der Waals surface area contributed by atoms with E-state index in [4.69, 9.17) is 16.3 Å². The minimum absolute atomic E-state index is 0.246. The average molecular weight is 546 g/mol. The van der Waals surface area contributed by atoms with Crippen LogP contribution in [0.3, 0.4) is 0 Å². The number of hydrogen-bond acceptors (Lipinski definition) is 7. The second-order valence-corrected chi connectivity index (χ2v) is 13.7. The van der Waals surface area contributed by atoms with Gasteiger partial charge in [-0.05, 0) is 80.2 Å². The number of amides is 1. The SMILES string of the molecule is C[C@]1(O)CCN(c2cccc(S(=O)(=O)NC(=O)C3(Oc4cc(Cl)ccc4C4CC5(CCC5)C4)CC3)n2)C1. The number of ether oxygens (including phenoxy) is 1. The first kappa shape index (κ1) is 24.9. The number of rotatable bonds is 7. The van der Waals surface area contributed by atoms with Crippen LogP contribution < -0.4 is 14.4 Å². The van der Waals surface area contributed by atoms with Gasteiger partial charge in [0.05, 0.1) is 5.60 Å². The number of hydrogen-bond donors (Lipinski definition) is 2. The van der Waals surface area contributed by atoms with Gasteiger partial charge in [-0.3, -0.25) is 4.79 Å². The molecule has 0 radical (unpaired) electrons. The van der Waals surface area contributed by atoms with Gasteiger partial charge in [0.2, 0.25) is 0 Å². The highest BCUT2D eigenvalue weighted by Crippen LogP contribution is 2.63. The van der Waals surface area contributed by atoms with E-state index in [0.29, 0.717) is 60.3 Å². The fraction of sp³-hybridized carbons (Fsp3) is 0.556. The summed E-state index contributed by atoms with van der Waals surface area (Å²) in [6.07, 6.45) is 7.50. The van der Waals surface area contributed by atoms with Crippen molar-refractivity contribution in [1.82, 2.24) is 9.71 Å². The van der Waals surface area contributed by atoms with Crippen molar-refractivity contribution in [3.63, 3.8) is 0 Å². The van der Waals surface area contributed by atoms with Gasteiger partial charge in [-0.2, -0.15) is 8.42 Å². The van der Waals surface area contributed by atoms with Crippen LogP contribution in [-0.2, 0) is 14.8 Å². The fourth-order valence-corrected chi connectivity index (χ4v) is 7.23. The normalized spacial score (nSPS) is 25.9. The molecule has 10 heteroatoms. The molecule has 1 aromatic heterocycles. The molecule has 1 amide bonds. The number of benzene rings is 1. The van der Waals surface area contributed by atoms with Crippen LogP contribution in [0.2, 0.25) is 5.02 Å². The van der Waals surface area contributed by atoms with Crippen LogP contribution in [0.4, 0.5) is 5.82 Å². The highest BCUT2D eigenvalue weighted by molar-refractivity contribution is 7.90. The Morgan fingerprint density at radius 3 is 2.54 bits per heavy atom. The molecule has 2 aromatic rings. The van der Waals surface area contributed by atoms with E-state index < -0.39 is 27.1 Å². The van der Waals surface area contributed by atoms with Crippen molar-refractivity contribution >= 4 is 33.3 Å². The van der Waals surface area contributed by atoms with Crippen LogP contribution in [-0.4, -0.2) is 48.7 Å². The molecule has 8 nitrogen and oxygen atoms in total. The van der Waals surface area contributed by atoms with Gasteiger partial charge < -0.3 is 14.7 Å². The van der Waals surface area contributed by atoms with Crippen LogP contribution in [0.5, 0.6) is 5.75 Å². The zero-order chi connectivity index (χ0) is 26.1. The third kappa shape index (κ3) is 4.70. The number of aromatic nitrogens is 1. The molecule has 1 aliphatic heterocycles. The summed E-state index contributed by atoms with van der Waals surface area (Å²) in [4.78, 5) is 19.4. The summed E-state index contributed by atoms with van der Waals surface area (Å²) in [6.45, 7) is 2.67. The summed E-state index contributed by atoms with van der Waals surface area (Å²) in [5, 5.41) is 10.5. The molecule has 6 rings (SSSR count). The van der Waals surface area contributed by atoms with Crippen molar-refractivity contribution in [2.45, 2.75) is 80.4 Å². The summed E-state index contributed by atoms with van der Waals surface area (Å²) < 4.78 is 34.7. The number of carbonyl (C=O) groups excluding carboxylic acids is 1. The lowest BCUT2D eigenvalue weighted by molar-refractivity contribution is -0.128. The summed E-state index contributed by atoms with van der Waals surface area (Å²) in [7, 11) is -4.22. The van der Waals surface area contributed by atoms with Crippen LogP contribution in [0.15, 0.2) is 41.4 Å². The quantitative estimate of drug-likeness (QED) is 0.537. The van der Waals surface area contributed by atoms with Gasteiger partial charge in [0.15, 0.2) is 10.6 Å². The molecule has 1 atom stereocenters. The lowest BCUT2D eigenvalue weighted by atomic mass is 9.50. The molecule has 0 bridgehead atoms. The van der Waals surface area contributed by atoms with Gasteiger partial charge in [0, 0.05) is 31.0 Å². The van der Waals surface area contributed by atoms with Crippen molar-refractivity contribution in [2.24, 2.45) is 5.41 Å². The molecule has 4 fully saturated rings. The number of carbonyl (C=O) groups is 1. The lowest BCUT2D eigenvalue weighted by Gasteiger charge is -2.54. The first-order valence-electron chi connectivity index (χ1n) is 13.0. The van der Waals surface area contributed by atoms with Gasteiger partial charge in [0.25, 0.3) is 15.9 Å². The fourth-order valence-electron chi connectivity index (χ4n) is 6.06. The number of pyridine rings is 1. The van der Waals surface area contributed by atoms with E-state index in [2.05, 4.69) is 9.71 Å². The van der Waals surface area contributed by atoms with Crippen LogP contribution in [0, 0.1) is 5.41 Å². The first-order valence-corrected chi connectivity index (χ1v) is 14.8. The van der Waals surface area contributed by atoms with Crippen LogP contribution >= 0.6 is 11.6 Å². The predicted octanol–water partition coefficient (Wildman–Crippen LogP) is 4.16. The number of β-amino-alcohol motifs (C(OH)–C–C–N with tert-alkyl or cyclic N) is 1. The number of nitrogens with one attached hydrogen (secondary N) is 1. The molecule has 1 spiro atoms. The molecule has 4 aliphatic rings. The van der Waals surface area contributed by atoms with Crippen molar-refractivity contribution < 1.29 is 23.1 Å². The number of aliphatic hydroxyl groups is 1. The van der Waals surface area contributed by atoms with Crippen molar-refractivity contribution in [3.8, 4) is 5.75 Å². The Labute approximate surface area is 222 Å². The predicted molar refractivity (Wildman–Crippen MR) is 139 cm³/mol. The summed E-state index contributed by atoms with van der Waals surface area (Å²) in [5.41, 5.74) is -0.566. The van der Waals surface area contributed by atoms with Gasteiger partial charge in [-0.1, -0.05) is 30.2 Å². The topological polar surface area (TPSA) is 109 Å². The van der Waals surface area contributed by atoms with Gasteiger partial charge in [-0.15, -0.1) is 0 Å².